The van der Waals surface area contributed by atoms with Gasteiger partial charge in [-0.3, -0.25) is 4.79 Å². The molecule has 0 unspecified atom stereocenters. The van der Waals surface area contributed by atoms with Crippen LogP contribution in [-0.2, 0) is 4.79 Å². The summed E-state index contributed by atoms with van der Waals surface area (Å²) in [5, 5.41) is 10.2. The van der Waals surface area contributed by atoms with Gasteiger partial charge in [0.2, 0.25) is 5.91 Å². The van der Waals surface area contributed by atoms with E-state index in [2.05, 4.69) is 0 Å². The van der Waals surface area contributed by atoms with Gasteiger partial charge in [0.15, 0.2) is 5.60 Å². The van der Waals surface area contributed by atoms with Crippen LogP contribution >= 0.6 is 11.6 Å². The van der Waals surface area contributed by atoms with Crippen LogP contribution in [0.15, 0.2) is 24.3 Å². The minimum atomic E-state index is -4.71. The van der Waals surface area contributed by atoms with Crippen molar-refractivity contribution >= 4 is 17.5 Å². The lowest BCUT2D eigenvalue weighted by Crippen LogP contribution is -2.48. The zero-order chi connectivity index (χ0) is 16.1. The Labute approximate surface area is 130 Å². The van der Waals surface area contributed by atoms with Crippen LogP contribution in [0.3, 0.4) is 0 Å². The Morgan fingerprint density at radius 3 is 2.64 bits per heavy atom. The number of likely N-dealkylation sites (tertiary alicyclic amines) is 1. The number of aliphatic hydroxyl groups is 1. The first-order valence-corrected chi connectivity index (χ1v) is 7.43. The molecule has 1 N–H and O–H groups in total. The highest BCUT2D eigenvalue weighted by Gasteiger charge is 2.59. The van der Waals surface area contributed by atoms with Crippen LogP contribution in [0.25, 0.3) is 0 Å². The average Bonchev–Trinajstić information content (AvgIpc) is 3.12. The summed E-state index contributed by atoms with van der Waals surface area (Å²) in [5.41, 5.74) is -1.93. The fraction of sp³-hybridized carbons (Fsp3) is 0.533. The molecule has 22 heavy (non-hydrogen) atoms. The topological polar surface area (TPSA) is 40.5 Å². The Hall–Kier alpha value is -1.27. The van der Waals surface area contributed by atoms with Gasteiger partial charge in [-0.25, -0.2) is 0 Å². The first-order valence-electron chi connectivity index (χ1n) is 7.05. The Morgan fingerprint density at radius 1 is 1.36 bits per heavy atom. The summed E-state index contributed by atoms with van der Waals surface area (Å²) in [6.07, 6.45) is -4.59. The lowest BCUT2D eigenvalue weighted by molar-refractivity contribution is -0.253. The van der Waals surface area contributed by atoms with Crippen molar-refractivity contribution in [3.8, 4) is 0 Å². The predicted molar refractivity (Wildman–Crippen MR) is 74.5 cm³/mol. The minimum absolute atomic E-state index is 0.0409. The molecule has 3 nitrogen and oxygen atoms in total. The molecule has 3 atom stereocenters. The van der Waals surface area contributed by atoms with E-state index in [1.54, 1.807) is 12.1 Å². The van der Waals surface area contributed by atoms with E-state index in [1.165, 1.54) is 0 Å². The van der Waals surface area contributed by atoms with Gasteiger partial charge >= 0.3 is 6.18 Å². The van der Waals surface area contributed by atoms with Crippen molar-refractivity contribution in [3.05, 3.63) is 34.9 Å². The van der Waals surface area contributed by atoms with Gasteiger partial charge in [0.1, 0.15) is 0 Å². The summed E-state index contributed by atoms with van der Waals surface area (Å²) in [6.45, 7) is -0.748. The van der Waals surface area contributed by atoms with E-state index in [0.717, 1.165) is 10.5 Å². The second-order valence-corrected chi connectivity index (χ2v) is 6.42. The zero-order valence-electron chi connectivity index (χ0n) is 11.6. The molecule has 0 bridgehead atoms. The molecule has 1 aliphatic heterocycles. The molecule has 0 spiro atoms. The van der Waals surface area contributed by atoms with Gasteiger partial charge < -0.3 is 10.0 Å². The molecule has 2 aliphatic rings. The van der Waals surface area contributed by atoms with Crippen molar-refractivity contribution < 1.29 is 23.1 Å². The van der Waals surface area contributed by atoms with E-state index in [9.17, 15) is 23.1 Å². The summed E-state index contributed by atoms with van der Waals surface area (Å²) in [5.74, 6) is -0.707. The van der Waals surface area contributed by atoms with Crippen molar-refractivity contribution in [1.29, 1.82) is 0 Å². The first kappa shape index (κ1) is 15.6. The summed E-state index contributed by atoms with van der Waals surface area (Å²) >= 11 is 6.08. The Morgan fingerprint density at radius 2 is 2.05 bits per heavy atom. The van der Waals surface area contributed by atoms with E-state index in [-0.39, 0.29) is 24.3 Å². The van der Waals surface area contributed by atoms with Crippen LogP contribution in [0.2, 0.25) is 5.02 Å². The molecule has 1 aliphatic carbocycles. The van der Waals surface area contributed by atoms with Gasteiger partial charge in [0.25, 0.3) is 0 Å². The van der Waals surface area contributed by atoms with Crippen molar-refractivity contribution in [2.75, 3.05) is 13.1 Å². The lowest BCUT2D eigenvalue weighted by Gasteiger charge is -2.26. The third kappa shape index (κ3) is 2.58. The van der Waals surface area contributed by atoms with Crippen LogP contribution in [0.4, 0.5) is 13.2 Å². The number of alkyl halides is 3. The molecule has 1 saturated carbocycles. The van der Waals surface area contributed by atoms with Crippen LogP contribution < -0.4 is 0 Å². The summed E-state index contributed by atoms with van der Waals surface area (Å²) in [4.78, 5) is 13.4. The van der Waals surface area contributed by atoms with Crippen LogP contribution in [0, 0.1) is 5.92 Å². The molecule has 2 fully saturated rings. The normalized spacial score (nSPS) is 31.4. The van der Waals surface area contributed by atoms with E-state index in [0.29, 0.717) is 11.4 Å². The van der Waals surface area contributed by atoms with Gasteiger partial charge in [0, 0.05) is 23.9 Å². The fourth-order valence-corrected chi connectivity index (χ4v) is 3.31. The summed E-state index contributed by atoms with van der Waals surface area (Å²) < 4.78 is 38.4. The number of hydrogen-bond donors (Lipinski definition) is 1. The maximum absolute atomic E-state index is 12.8. The molecule has 0 radical (unpaired) electrons. The molecule has 7 heteroatoms. The molecule has 3 rings (SSSR count). The number of amides is 1. The molecule has 1 heterocycles. The van der Waals surface area contributed by atoms with Crippen LogP contribution in [0.5, 0.6) is 0 Å². The number of nitrogens with zero attached hydrogens (tertiary/aromatic N) is 1. The number of β-amino-alcohol motifs (C(OH)–C–C–N with tert-alkyl or cyclic N) is 1. The number of rotatable bonds is 2. The second-order valence-electron chi connectivity index (χ2n) is 6.01. The monoisotopic (exact) mass is 333 g/mol. The van der Waals surface area contributed by atoms with E-state index >= 15 is 0 Å². The highest BCUT2D eigenvalue weighted by molar-refractivity contribution is 6.31. The maximum atomic E-state index is 12.8. The smallest absolute Gasteiger partial charge is 0.379 e. The molecular formula is C15H15ClF3NO2. The van der Waals surface area contributed by atoms with Gasteiger partial charge in [-0.1, -0.05) is 29.8 Å². The van der Waals surface area contributed by atoms with Crippen molar-refractivity contribution in [2.24, 2.45) is 5.92 Å². The van der Waals surface area contributed by atoms with Gasteiger partial charge in [0.05, 0.1) is 6.54 Å². The third-order valence-corrected chi connectivity index (χ3v) is 4.84. The number of benzene rings is 1. The van der Waals surface area contributed by atoms with E-state index < -0.39 is 24.7 Å². The van der Waals surface area contributed by atoms with E-state index in [4.69, 9.17) is 11.6 Å². The number of carbonyl (C=O) groups excluding carboxylic acids is 1. The van der Waals surface area contributed by atoms with Crippen LogP contribution in [0.1, 0.15) is 24.3 Å². The number of carbonyl (C=O) groups is 1. The predicted octanol–water partition coefficient (Wildman–Crippen LogP) is 2.97. The number of halogens is 4. The standard InChI is InChI=1S/C15H15ClF3NO2/c16-12-4-2-1-3-9(12)10-7-11(10)13(21)20-6-5-14(22,8-20)15(17,18)19/h1-4,10-11,22H,5-8H2/t10-,11+,14+/m0/s1. The zero-order valence-corrected chi connectivity index (χ0v) is 12.4. The lowest BCUT2D eigenvalue weighted by atomic mass is 10.0. The Balaban J connectivity index is 1.67. The quantitative estimate of drug-likeness (QED) is 0.904. The maximum Gasteiger partial charge on any atom is 0.419 e. The SMILES string of the molecule is O=C([C@@H]1C[C@H]1c1ccccc1Cl)N1CC[C@](O)(C(F)(F)F)C1. The number of hydrogen-bond acceptors (Lipinski definition) is 2. The highest BCUT2D eigenvalue weighted by atomic mass is 35.5. The molecule has 1 aromatic carbocycles. The third-order valence-electron chi connectivity index (χ3n) is 4.50. The van der Waals surface area contributed by atoms with Gasteiger partial charge in [-0.2, -0.15) is 13.2 Å². The Bertz CT molecular complexity index is 607. The molecule has 120 valence electrons. The largest absolute Gasteiger partial charge is 0.419 e. The highest BCUT2D eigenvalue weighted by Crippen LogP contribution is 2.51. The summed E-state index contributed by atoms with van der Waals surface area (Å²) in [6, 6.07) is 7.17. The molecular weight excluding hydrogens is 319 g/mol. The van der Waals surface area contributed by atoms with Gasteiger partial charge in [-0.15, -0.1) is 0 Å². The average molecular weight is 334 g/mol. The molecule has 1 amide bonds. The van der Waals surface area contributed by atoms with Crippen molar-refractivity contribution in [2.45, 2.75) is 30.5 Å². The van der Waals surface area contributed by atoms with Crippen molar-refractivity contribution in [1.82, 2.24) is 4.90 Å². The first-order chi connectivity index (χ1) is 10.2. The van der Waals surface area contributed by atoms with Crippen LogP contribution in [-0.4, -0.2) is 40.8 Å². The van der Waals surface area contributed by atoms with E-state index in [1.807, 2.05) is 12.1 Å². The molecule has 1 saturated heterocycles. The van der Waals surface area contributed by atoms with Crippen molar-refractivity contribution in [3.63, 3.8) is 0 Å². The minimum Gasteiger partial charge on any atom is -0.379 e. The summed E-state index contributed by atoms with van der Waals surface area (Å²) in [7, 11) is 0. The Kier molecular flexibility index (Phi) is 3.64. The molecule has 1 aromatic rings. The second kappa shape index (κ2) is 5.13. The molecule has 0 aromatic heterocycles. The fourth-order valence-electron chi connectivity index (χ4n) is 3.04. The van der Waals surface area contributed by atoms with Gasteiger partial charge in [-0.05, 0) is 24.0 Å².